The third kappa shape index (κ3) is 4.94. The third-order valence-corrected chi connectivity index (χ3v) is 5.44. The number of nitrogens with zero attached hydrogens (tertiary/aromatic N) is 2. The monoisotopic (exact) mass is 474 g/mol. The van der Waals surface area contributed by atoms with Gasteiger partial charge in [0.15, 0.2) is 0 Å². The number of hydrogen-bond donors (Lipinski definition) is 2. The van der Waals surface area contributed by atoms with Crippen LogP contribution in [0, 0.1) is 6.92 Å². The second kappa shape index (κ2) is 9.80. The van der Waals surface area contributed by atoms with Gasteiger partial charge in [0.1, 0.15) is 11.6 Å². The van der Waals surface area contributed by atoms with Crippen LogP contribution in [0.3, 0.4) is 0 Å². The van der Waals surface area contributed by atoms with Crippen LogP contribution in [0.4, 0.5) is 11.5 Å². The molecule has 4 aromatic rings. The Morgan fingerprint density at radius 3 is 2.32 bits per heavy atom. The molecule has 0 unspecified atom stereocenters. The van der Waals surface area contributed by atoms with E-state index in [2.05, 4.69) is 15.7 Å². The van der Waals surface area contributed by atoms with Gasteiger partial charge < -0.3 is 15.4 Å². The fraction of sp³-hybridized carbons (Fsp3) is 0.115. The van der Waals surface area contributed by atoms with Crippen LogP contribution in [0.5, 0.6) is 5.75 Å². The fourth-order valence-corrected chi connectivity index (χ4v) is 3.74. The van der Waals surface area contributed by atoms with Gasteiger partial charge in [0.25, 0.3) is 5.91 Å². The molecule has 2 N–H and O–H groups in total. The zero-order valence-corrected chi connectivity index (χ0v) is 19.7. The SMILES string of the molecule is COc1cccc(NC(=O)c2ccc(-n3nc(C)c(-c4ccc(Cl)cc4)c3NC(C)=O)cc2)c1. The highest BCUT2D eigenvalue weighted by Crippen LogP contribution is 2.34. The van der Waals surface area contributed by atoms with Gasteiger partial charge in [0.05, 0.1) is 18.5 Å². The normalized spacial score (nSPS) is 10.6. The topological polar surface area (TPSA) is 85.2 Å². The van der Waals surface area contributed by atoms with Crippen LogP contribution in [-0.2, 0) is 4.79 Å². The van der Waals surface area contributed by atoms with Crippen LogP contribution in [0.2, 0.25) is 5.02 Å². The minimum Gasteiger partial charge on any atom is -0.497 e. The maximum atomic E-state index is 12.7. The second-order valence-corrected chi connectivity index (χ2v) is 8.08. The number of methoxy groups -OCH3 is 1. The summed E-state index contributed by atoms with van der Waals surface area (Å²) in [5, 5.41) is 11.0. The van der Waals surface area contributed by atoms with Crippen molar-refractivity contribution in [2.24, 2.45) is 0 Å². The lowest BCUT2D eigenvalue weighted by Gasteiger charge is -2.11. The highest BCUT2D eigenvalue weighted by atomic mass is 35.5. The van der Waals surface area contributed by atoms with Crippen molar-refractivity contribution in [3.05, 3.63) is 89.1 Å². The molecule has 172 valence electrons. The molecular weight excluding hydrogens is 452 g/mol. The summed E-state index contributed by atoms with van der Waals surface area (Å²) in [4.78, 5) is 24.7. The Kier molecular flexibility index (Phi) is 6.65. The summed E-state index contributed by atoms with van der Waals surface area (Å²) in [5.74, 6) is 0.733. The van der Waals surface area contributed by atoms with Crippen molar-refractivity contribution in [1.29, 1.82) is 0 Å². The minimum absolute atomic E-state index is 0.217. The first kappa shape index (κ1) is 23.1. The van der Waals surface area contributed by atoms with E-state index in [0.717, 1.165) is 16.8 Å². The first-order chi connectivity index (χ1) is 16.4. The first-order valence-corrected chi connectivity index (χ1v) is 10.9. The van der Waals surface area contributed by atoms with E-state index in [0.29, 0.717) is 33.5 Å². The van der Waals surface area contributed by atoms with E-state index in [-0.39, 0.29) is 11.8 Å². The van der Waals surface area contributed by atoms with Crippen molar-refractivity contribution in [1.82, 2.24) is 9.78 Å². The number of anilines is 2. The molecule has 0 aliphatic rings. The van der Waals surface area contributed by atoms with Crippen LogP contribution in [0.1, 0.15) is 23.0 Å². The van der Waals surface area contributed by atoms with Crippen molar-refractivity contribution in [2.45, 2.75) is 13.8 Å². The van der Waals surface area contributed by atoms with E-state index >= 15 is 0 Å². The molecular formula is C26H23ClN4O3. The molecule has 0 radical (unpaired) electrons. The van der Waals surface area contributed by atoms with Crippen molar-refractivity contribution < 1.29 is 14.3 Å². The average molecular weight is 475 g/mol. The quantitative estimate of drug-likeness (QED) is 0.374. The molecule has 7 nitrogen and oxygen atoms in total. The van der Waals surface area contributed by atoms with Gasteiger partial charge in [-0.25, -0.2) is 4.68 Å². The van der Waals surface area contributed by atoms with Gasteiger partial charge in [-0.15, -0.1) is 0 Å². The smallest absolute Gasteiger partial charge is 0.255 e. The summed E-state index contributed by atoms with van der Waals surface area (Å²) < 4.78 is 6.85. The van der Waals surface area contributed by atoms with Crippen LogP contribution >= 0.6 is 11.6 Å². The summed E-state index contributed by atoms with van der Waals surface area (Å²) >= 11 is 6.04. The Morgan fingerprint density at radius 1 is 0.971 bits per heavy atom. The summed E-state index contributed by atoms with van der Waals surface area (Å²) in [7, 11) is 1.57. The molecule has 34 heavy (non-hydrogen) atoms. The molecule has 4 rings (SSSR count). The number of carbonyl (C=O) groups excluding carboxylic acids is 2. The fourth-order valence-electron chi connectivity index (χ4n) is 3.62. The van der Waals surface area contributed by atoms with Gasteiger partial charge in [-0.2, -0.15) is 5.10 Å². The number of nitrogens with one attached hydrogen (secondary N) is 2. The van der Waals surface area contributed by atoms with Gasteiger partial charge in [-0.1, -0.05) is 29.8 Å². The van der Waals surface area contributed by atoms with E-state index in [1.54, 1.807) is 66.4 Å². The van der Waals surface area contributed by atoms with Gasteiger partial charge in [0, 0.05) is 34.8 Å². The molecule has 0 atom stereocenters. The average Bonchev–Trinajstić information content (AvgIpc) is 3.14. The van der Waals surface area contributed by atoms with Crippen molar-refractivity contribution >= 4 is 34.9 Å². The van der Waals surface area contributed by atoms with E-state index in [4.69, 9.17) is 16.3 Å². The Labute approximate surface area is 202 Å². The molecule has 8 heteroatoms. The molecule has 2 amide bonds. The van der Waals surface area contributed by atoms with Crippen molar-refractivity contribution in [3.8, 4) is 22.6 Å². The predicted molar refractivity (Wildman–Crippen MR) is 134 cm³/mol. The Morgan fingerprint density at radius 2 is 1.68 bits per heavy atom. The number of aryl methyl sites for hydroxylation is 1. The number of rotatable bonds is 6. The zero-order chi connectivity index (χ0) is 24.2. The van der Waals surface area contributed by atoms with Crippen molar-refractivity contribution in [3.63, 3.8) is 0 Å². The zero-order valence-electron chi connectivity index (χ0n) is 18.9. The Hall–Kier alpha value is -4.10. The molecule has 0 aliphatic carbocycles. The molecule has 0 saturated heterocycles. The molecule has 3 aromatic carbocycles. The minimum atomic E-state index is -0.250. The molecule has 0 bridgehead atoms. The standard InChI is InChI=1S/C26H23ClN4O3/c1-16-24(18-7-11-20(27)12-8-18)25(28-17(2)32)31(30-16)22-13-9-19(10-14-22)26(33)29-21-5-4-6-23(15-21)34-3/h4-15H,1-3H3,(H,28,32)(H,29,33). The maximum Gasteiger partial charge on any atom is 0.255 e. The number of halogens is 1. The van der Waals surface area contributed by atoms with Crippen LogP contribution in [0.15, 0.2) is 72.8 Å². The lowest BCUT2D eigenvalue weighted by Crippen LogP contribution is -2.13. The first-order valence-electron chi connectivity index (χ1n) is 10.5. The lowest BCUT2D eigenvalue weighted by atomic mass is 10.1. The largest absolute Gasteiger partial charge is 0.497 e. The number of hydrogen-bond acceptors (Lipinski definition) is 4. The highest BCUT2D eigenvalue weighted by Gasteiger charge is 2.19. The summed E-state index contributed by atoms with van der Waals surface area (Å²) in [6.45, 7) is 3.33. The third-order valence-electron chi connectivity index (χ3n) is 5.19. The van der Waals surface area contributed by atoms with E-state index < -0.39 is 0 Å². The van der Waals surface area contributed by atoms with E-state index in [1.807, 2.05) is 25.1 Å². The predicted octanol–water partition coefficient (Wildman–Crippen LogP) is 5.72. The van der Waals surface area contributed by atoms with Gasteiger partial charge in [-0.05, 0) is 61.0 Å². The molecule has 0 saturated carbocycles. The van der Waals surface area contributed by atoms with Crippen LogP contribution in [-0.4, -0.2) is 28.7 Å². The summed E-state index contributed by atoms with van der Waals surface area (Å²) in [5.41, 5.74) is 4.24. The summed E-state index contributed by atoms with van der Waals surface area (Å²) in [6, 6.07) is 21.5. The number of ether oxygens (including phenoxy) is 1. The Balaban J connectivity index is 1.65. The maximum absolute atomic E-state index is 12.7. The summed E-state index contributed by atoms with van der Waals surface area (Å²) in [6.07, 6.45) is 0. The number of aromatic nitrogens is 2. The van der Waals surface area contributed by atoms with Crippen LogP contribution in [0.25, 0.3) is 16.8 Å². The van der Waals surface area contributed by atoms with Crippen LogP contribution < -0.4 is 15.4 Å². The molecule has 1 heterocycles. The van der Waals surface area contributed by atoms with E-state index in [1.165, 1.54) is 6.92 Å². The molecule has 0 spiro atoms. The highest BCUT2D eigenvalue weighted by molar-refractivity contribution is 6.30. The second-order valence-electron chi connectivity index (χ2n) is 7.64. The molecule has 0 fully saturated rings. The Bertz CT molecular complexity index is 1350. The van der Waals surface area contributed by atoms with E-state index in [9.17, 15) is 9.59 Å². The molecule has 1 aromatic heterocycles. The number of benzene rings is 3. The van der Waals surface area contributed by atoms with Gasteiger partial charge in [-0.3, -0.25) is 9.59 Å². The molecule has 0 aliphatic heterocycles. The lowest BCUT2D eigenvalue weighted by molar-refractivity contribution is -0.114. The van der Waals surface area contributed by atoms with Crippen molar-refractivity contribution in [2.75, 3.05) is 17.7 Å². The number of amides is 2. The van der Waals surface area contributed by atoms with Gasteiger partial charge >= 0.3 is 0 Å². The van der Waals surface area contributed by atoms with Gasteiger partial charge in [0.2, 0.25) is 5.91 Å². The number of carbonyl (C=O) groups is 2.